The van der Waals surface area contributed by atoms with Crippen LogP contribution in [0.1, 0.15) is 44.1 Å². The first-order valence-corrected chi connectivity index (χ1v) is 11.2. The lowest BCUT2D eigenvalue weighted by Gasteiger charge is -2.28. The summed E-state index contributed by atoms with van der Waals surface area (Å²) in [5.74, 6) is -2.55. The van der Waals surface area contributed by atoms with Crippen molar-refractivity contribution in [3.8, 4) is 5.75 Å². The van der Waals surface area contributed by atoms with Crippen LogP contribution in [0, 0.1) is 11.6 Å². The van der Waals surface area contributed by atoms with Crippen LogP contribution in [0.25, 0.3) is 0 Å². The van der Waals surface area contributed by atoms with Crippen LogP contribution in [0.2, 0.25) is 0 Å². The third-order valence-corrected chi connectivity index (χ3v) is 5.75. The average molecular weight is 475 g/mol. The SMILES string of the molecule is C=C(/C=C\C(=C)C(=C)/C(F)=C\C(=C)OCC)COc1ccc(C2CCC(OC)CC2)c(F)c1F. The Hall–Kier alpha value is -2.99. The zero-order valence-electron chi connectivity index (χ0n) is 20.0. The molecule has 0 heterocycles. The van der Waals surface area contributed by atoms with Crippen LogP contribution in [0.3, 0.4) is 0 Å². The standard InChI is InChI=1S/C28H33F3O3/c1-7-33-20(4)16-25(29)21(5)19(3)9-8-18(2)17-34-26-15-14-24(27(30)28(26)31)22-10-12-23(32-6)13-11-22/h8-9,14-16,22-23H,2-5,7,10-13,17H2,1,6H3/b9-8-,25-16+. The number of rotatable bonds is 12. The van der Waals surface area contributed by atoms with Crippen LogP contribution in [-0.4, -0.2) is 26.4 Å². The number of ether oxygens (including phenoxy) is 3. The third kappa shape index (κ3) is 7.52. The van der Waals surface area contributed by atoms with Gasteiger partial charge in [-0.1, -0.05) is 44.5 Å². The van der Waals surface area contributed by atoms with Gasteiger partial charge in [-0.25, -0.2) is 8.78 Å². The molecule has 6 heteroatoms. The van der Waals surface area contributed by atoms with E-state index in [0.29, 0.717) is 23.3 Å². The minimum Gasteiger partial charge on any atom is -0.494 e. The van der Waals surface area contributed by atoms with E-state index in [0.717, 1.165) is 31.8 Å². The lowest BCUT2D eigenvalue weighted by molar-refractivity contribution is 0.0654. The molecule has 184 valence electrons. The molecule has 34 heavy (non-hydrogen) atoms. The van der Waals surface area contributed by atoms with E-state index < -0.39 is 17.5 Å². The molecule has 0 aromatic heterocycles. The van der Waals surface area contributed by atoms with Gasteiger partial charge in [-0.2, -0.15) is 4.39 Å². The highest BCUT2D eigenvalue weighted by Gasteiger charge is 2.26. The molecule has 1 aliphatic carbocycles. The van der Waals surface area contributed by atoms with Gasteiger partial charge in [-0.3, -0.25) is 0 Å². The molecule has 1 aliphatic rings. The van der Waals surface area contributed by atoms with E-state index in [1.165, 1.54) is 12.1 Å². The topological polar surface area (TPSA) is 27.7 Å². The summed E-state index contributed by atoms with van der Waals surface area (Å²) >= 11 is 0. The average Bonchev–Trinajstić information content (AvgIpc) is 2.83. The molecule has 0 atom stereocenters. The summed E-state index contributed by atoms with van der Waals surface area (Å²) in [6.07, 6.45) is 7.53. The van der Waals surface area contributed by atoms with Crippen molar-refractivity contribution in [2.24, 2.45) is 0 Å². The van der Waals surface area contributed by atoms with Gasteiger partial charge in [-0.15, -0.1) is 0 Å². The van der Waals surface area contributed by atoms with E-state index in [4.69, 9.17) is 14.2 Å². The fourth-order valence-electron chi connectivity index (χ4n) is 3.73. The lowest BCUT2D eigenvalue weighted by atomic mass is 9.82. The Morgan fingerprint density at radius 2 is 1.71 bits per heavy atom. The number of hydrogen-bond acceptors (Lipinski definition) is 3. The molecule has 0 radical (unpaired) electrons. The molecular formula is C28H33F3O3. The number of hydrogen-bond donors (Lipinski definition) is 0. The zero-order chi connectivity index (χ0) is 25.3. The largest absolute Gasteiger partial charge is 0.494 e. The maximum Gasteiger partial charge on any atom is 0.200 e. The maximum atomic E-state index is 14.7. The highest BCUT2D eigenvalue weighted by Crippen LogP contribution is 2.37. The van der Waals surface area contributed by atoms with Crippen molar-refractivity contribution in [2.45, 2.75) is 44.6 Å². The summed E-state index contributed by atoms with van der Waals surface area (Å²) in [5.41, 5.74) is 1.20. The second-order valence-corrected chi connectivity index (χ2v) is 8.17. The maximum absolute atomic E-state index is 14.7. The lowest BCUT2D eigenvalue weighted by Crippen LogP contribution is -2.20. The second kappa shape index (κ2) is 13.0. The number of methoxy groups -OCH3 is 1. The molecule has 3 nitrogen and oxygen atoms in total. The predicted octanol–water partition coefficient (Wildman–Crippen LogP) is 7.64. The highest BCUT2D eigenvalue weighted by atomic mass is 19.2. The van der Waals surface area contributed by atoms with Gasteiger partial charge in [0.1, 0.15) is 18.2 Å². The Bertz CT molecular complexity index is 983. The molecule has 1 aromatic carbocycles. The van der Waals surface area contributed by atoms with Crippen LogP contribution in [0.5, 0.6) is 5.75 Å². The van der Waals surface area contributed by atoms with Crippen LogP contribution in [0.4, 0.5) is 13.2 Å². The van der Waals surface area contributed by atoms with Gasteiger partial charge >= 0.3 is 0 Å². The van der Waals surface area contributed by atoms with E-state index in [1.54, 1.807) is 26.2 Å². The Morgan fingerprint density at radius 1 is 1.03 bits per heavy atom. The Balaban J connectivity index is 1.93. The van der Waals surface area contributed by atoms with Gasteiger partial charge in [0.05, 0.1) is 12.7 Å². The summed E-state index contributed by atoms with van der Waals surface area (Å²) in [7, 11) is 1.67. The first kappa shape index (κ1) is 27.3. The summed E-state index contributed by atoms with van der Waals surface area (Å²) in [5, 5.41) is 0. The molecule has 0 N–H and O–H groups in total. The summed E-state index contributed by atoms with van der Waals surface area (Å²) in [6.45, 7) is 16.9. The Labute approximate surface area is 200 Å². The highest BCUT2D eigenvalue weighted by molar-refractivity contribution is 5.48. The van der Waals surface area contributed by atoms with E-state index in [2.05, 4.69) is 26.3 Å². The fourth-order valence-corrected chi connectivity index (χ4v) is 3.73. The van der Waals surface area contributed by atoms with Crippen LogP contribution < -0.4 is 4.74 Å². The molecule has 0 amide bonds. The normalized spacial score (nSPS) is 18.6. The first-order chi connectivity index (χ1) is 16.2. The molecule has 0 spiro atoms. The van der Waals surface area contributed by atoms with Crippen molar-refractivity contribution < 1.29 is 27.4 Å². The van der Waals surface area contributed by atoms with Crippen molar-refractivity contribution >= 4 is 0 Å². The van der Waals surface area contributed by atoms with Gasteiger partial charge in [0.2, 0.25) is 5.82 Å². The van der Waals surface area contributed by atoms with E-state index in [-0.39, 0.29) is 35.7 Å². The zero-order valence-corrected chi connectivity index (χ0v) is 20.0. The van der Waals surface area contributed by atoms with Crippen molar-refractivity contribution in [1.82, 2.24) is 0 Å². The molecule has 2 rings (SSSR count). The summed E-state index contributed by atoms with van der Waals surface area (Å²) in [6, 6.07) is 3.03. The molecule has 1 saturated carbocycles. The van der Waals surface area contributed by atoms with Crippen molar-refractivity contribution in [2.75, 3.05) is 20.3 Å². The van der Waals surface area contributed by atoms with Gasteiger partial charge < -0.3 is 14.2 Å². The van der Waals surface area contributed by atoms with Gasteiger partial charge in [-0.05, 0) is 61.3 Å². The van der Waals surface area contributed by atoms with E-state index >= 15 is 0 Å². The Morgan fingerprint density at radius 3 is 2.32 bits per heavy atom. The molecule has 0 bridgehead atoms. The minimum atomic E-state index is -1.01. The molecule has 0 aliphatic heterocycles. The molecule has 0 unspecified atom stereocenters. The van der Waals surface area contributed by atoms with Gasteiger partial charge in [0, 0.05) is 18.8 Å². The second-order valence-electron chi connectivity index (χ2n) is 8.17. The number of benzene rings is 1. The van der Waals surface area contributed by atoms with Crippen molar-refractivity contribution in [3.05, 3.63) is 102 Å². The quantitative estimate of drug-likeness (QED) is 0.230. The first-order valence-electron chi connectivity index (χ1n) is 11.2. The molecule has 1 fully saturated rings. The molecule has 0 saturated heterocycles. The monoisotopic (exact) mass is 474 g/mol. The minimum absolute atomic E-state index is 0.0351. The van der Waals surface area contributed by atoms with E-state index in [1.807, 2.05) is 0 Å². The van der Waals surface area contributed by atoms with Crippen molar-refractivity contribution in [3.63, 3.8) is 0 Å². The fraction of sp³-hybridized carbons (Fsp3) is 0.357. The Kier molecular flexibility index (Phi) is 10.5. The van der Waals surface area contributed by atoms with Crippen molar-refractivity contribution in [1.29, 1.82) is 0 Å². The van der Waals surface area contributed by atoms with E-state index in [9.17, 15) is 13.2 Å². The smallest absolute Gasteiger partial charge is 0.200 e. The number of halogens is 3. The summed E-state index contributed by atoms with van der Waals surface area (Å²) < 4.78 is 59.4. The summed E-state index contributed by atoms with van der Waals surface area (Å²) in [4.78, 5) is 0. The van der Waals surface area contributed by atoms with Gasteiger partial charge in [0.15, 0.2) is 11.6 Å². The van der Waals surface area contributed by atoms with Crippen LogP contribution >= 0.6 is 0 Å². The predicted molar refractivity (Wildman–Crippen MR) is 130 cm³/mol. The van der Waals surface area contributed by atoms with Gasteiger partial charge in [0.25, 0.3) is 0 Å². The van der Waals surface area contributed by atoms with Crippen LogP contribution in [0.15, 0.2) is 85.0 Å². The van der Waals surface area contributed by atoms with Crippen LogP contribution in [-0.2, 0) is 9.47 Å². The molecular weight excluding hydrogens is 441 g/mol. The molecule has 1 aromatic rings. The number of allylic oxidation sites excluding steroid dienone is 5. The third-order valence-electron chi connectivity index (χ3n) is 5.75.